The first kappa shape index (κ1) is 26.2. The summed E-state index contributed by atoms with van der Waals surface area (Å²) in [4.78, 5) is 12.3. The number of para-hydroxylation sites is 1. The molecule has 1 unspecified atom stereocenters. The first-order chi connectivity index (χ1) is 16.5. The molecule has 36 heavy (non-hydrogen) atoms. The fourth-order valence-electron chi connectivity index (χ4n) is 4.92. The van der Waals surface area contributed by atoms with Crippen LogP contribution in [0.15, 0.2) is 52.3 Å². The highest BCUT2D eigenvalue weighted by Gasteiger charge is 2.56. The van der Waals surface area contributed by atoms with Crippen molar-refractivity contribution >= 4 is 20.9 Å². The van der Waals surface area contributed by atoms with Crippen LogP contribution in [-0.2, 0) is 28.4 Å². The molecule has 0 saturated carbocycles. The number of nitrogens with two attached hydrogens (primary N) is 1. The van der Waals surface area contributed by atoms with Crippen molar-refractivity contribution in [2.45, 2.75) is 62.2 Å². The number of rotatable bonds is 6. The Labute approximate surface area is 206 Å². The number of hydrogen-bond donors (Lipinski definition) is 2. The quantitative estimate of drug-likeness (QED) is 0.512. The van der Waals surface area contributed by atoms with Crippen molar-refractivity contribution < 1.29 is 31.4 Å². The number of aryl methyl sites for hydroxylation is 1. The van der Waals surface area contributed by atoms with E-state index in [2.05, 4.69) is 0 Å². The molecule has 0 radical (unpaired) electrons. The first-order valence-electron chi connectivity index (χ1n) is 11.2. The smallest absolute Gasteiger partial charge is 0.418 e. The Morgan fingerprint density at radius 3 is 2.47 bits per heavy atom. The summed E-state index contributed by atoms with van der Waals surface area (Å²) in [6.07, 6.45) is -4.18. The van der Waals surface area contributed by atoms with Crippen LogP contribution in [0.4, 0.5) is 13.2 Å². The van der Waals surface area contributed by atoms with Crippen molar-refractivity contribution in [3.05, 3.63) is 69.5 Å². The van der Waals surface area contributed by atoms with Gasteiger partial charge in [-0.1, -0.05) is 26.0 Å². The Hall–Kier alpha value is -2.89. The lowest BCUT2D eigenvalue weighted by molar-refractivity contribution is -0.271. The van der Waals surface area contributed by atoms with Gasteiger partial charge in [0, 0.05) is 29.1 Å². The summed E-state index contributed by atoms with van der Waals surface area (Å²) in [5.41, 5.74) is -3.68. The largest absolute Gasteiger partial charge is 0.493 e. The Morgan fingerprint density at radius 2 is 1.83 bits per heavy atom. The second kappa shape index (κ2) is 8.60. The van der Waals surface area contributed by atoms with Gasteiger partial charge in [0.2, 0.25) is 10.0 Å². The third-order valence-corrected chi connectivity index (χ3v) is 7.57. The summed E-state index contributed by atoms with van der Waals surface area (Å²) < 4.78 is 74.5. The molecule has 7 nitrogen and oxygen atoms in total. The van der Waals surface area contributed by atoms with E-state index in [1.54, 1.807) is 12.1 Å². The molecule has 0 amide bonds. The summed E-state index contributed by atoms with van der Waals surface area (Å²) in [5.74, 6) is 0.307. The van der Waals surface area contributed by atoms with E-state index < -0.39 is 40.2 Å². The zero-order valence-corrected chi connectivity index (χ0v) is 20.8. The number of halogens is 3. The third-order valence-electron chi connectivity index (χ3n) is 6.67. The Kier molecular flexibility index (Phi) is 6.26. The number of fused-ring (bicyclic) bond motifs is 2. The zero-order valence-electron chi connectivity index (χ0n) is 20.0. The van der Waals surface area contributed by atoms with Crippen molar-refractivity contribution in [1.82, 2.24) is 4.57 Å². The molecule has 0 saturated heterocycles. The maximum absolute atomic E-state index is 14.5. The first-order valence-corrected chi connectivity index (χ1v) is 12.8. The van der Waals surface area contributed by atoms with Gasteiger partial charge in [-0.05, 0) is 48.6 Å². The highest BCUT2D eigenvalue weighted by molar-refractivity contribution is 7.89. The number of hydrogen-bond acceptors (Lipinski definition) is 5. The fraction of sp³-hybridized carbons (Fsp3) is 0.400. The zero-order chi connectivity index (χ0) is 26.7. The monoisotopic (exact) mass is 524 g/mol. The van der Waals surface area contributed by atoms with Crippen LogP contribution >= 0.6 is 0 Å². The van der Waals surface area contributed by atoms with Crippen molar-refractivity contribution in [2.24, 2.45) is 5.14 Å². The molecule has 3 N–H and O–H groups in total. The van der Waals surface area contributed by atoms with E-state index >= 15 is 0 Å². The van der Waals surface area contributed by atoms with E-state index in [-0.39, 0.29) is 39.0 Å². The number of aliphatic hydroxyl groups is 1. The number of ether oxygens (including phenoxy) is 1. The maximum atomic E-state index is 14.5. The molecule has 4 rings (SSSR count). The van der Waals surface area contributed by atoms with Crippen LogP contribution < -0.4 is 15.3 Å². The van der Waals surface area contributed by atoms with E-state index in [1.807, 2.05) is 0 Å². The summed E-state index contributed by atoms with van der Waals surface area (Å²) >= 11 is 0. The van der Waals surface area contributed by atoms with Crippen LogP contribution in [0.3, 0.4) is 0 Å². The minimum absolute atomic E-state index is 0.213. The second-order valence-electron chi connectivity index (χ2n) is 9.98. The van der Waals surface area contributed by atoms with Gasteiger partial charge in [0.1, 0.15) is 5.75 Å². The molecule has 0 aliphatic carbocycles. The molecular weight excluding hydrogens is 497 g/mol. The minimum Gasteiger partial charge on any atom is -0.493 e. The highest BCUT2D eigenvalue weighted by atomic mass is 32.2. The van der Waals surface area contributed by atoms with Gasteiger partial charge < -0.3 is 14.4 Å². The molecule has 1 aliphatic rings. The maximum Gasteiger partial charge on any atom is 0.418 e. The number of aromatic nitrogens is 1. The van der Waals surface area contributed by atoms with E-state index in [0.717, 1.165) is 0 Å². The van der Waals surface area contributed by atoms with Crippen molar-refractivity contribution in [3.8, 4) is 5.75 Å². The Bertz CT molecular complexity index is 1510. The fourth-order valence-corrected chi connectivity index (χ4v) is 5.51. The molecule has 0 spiro atoms. The van der Waals surface area contributed by atoms with E-state index in [9.17, 15) is 31.5 Å². The van der Waals surface area contributed by atoms with Crippen molar-refractivity contribution in [3.63, 3.8) is 0 Å². The lowest BCUT2D eigenvalue weighted by Crippen LogP contribution is -2.52. The van der Waals surface area contributed by atoms with Crippen LogP contribution in [0.5, 0.6) is 5.75 Å². The van der Waals surface area contributed by atoms with Gasteiger partial charge in [-0.3, -0.25) is 4.79 Å². The van der Waals surface area contributed by atoms with Crippen LogP contribution in [0.1, 0.15) is 37.0 Å². The van der Waals surface area contributed by atoms with Gasteiger partial charge in [0.05, 0.1) is 23.6 Å². The summed E-state index contributed by atoms with van der Waals surface area (Å²) in [7, 11) is -4.13. The average Bonchev–Trinajstić information content (AvgIpc) is 3.23. The molecule has 0 fully saturated rings. The lowest BCUT2D eigenvalue weighted by Gasteiger charge is -2.39. The van der Waals surface area contributed by atoms with Gasteiger partial charge in [0.15, 0.2) is 11.0 Å². The topological polar surface area (TPSA) is 112 Å². The average molecular weight is 525 g/mol. The number of pyridine rings is 1. The molecule has 2 aromatic carbocycles. The molecule has 1 aliphatic heterocycles. The highest BCUT2D eigenvalue weighted by Crippen LogP contribution is 2.47. The van der Waals surface area contributed by atoms with Crippen molar-refractivity contribution in [2.75, 3.05) is 6.61 Å². The lowest BCUT2D eigenvalue weighted by atomic mass is 9.74. The Balaban J connectivity index is 1.83. The van der Waals surface area contributed by atoms with Gasteiger partial charge in [-0.15, -0.1) is 0 Å². The van der Waals surface area contributed by atoms with Crippen LogP contribution in [-0.4, -0.2) is 36.5 Å². The predicted molar refractivity (Wildman–Crippen MR) is 129 cm³/mol. The van der Waals surface area contributed by atoms with E-state index in [0.29, 0.717) is 17.7 Å². The number of sulfonamides is 1. The minimum atomic E-state index is -5.05. The molecule has 1 atom stereocenters. The second-order valence-corrected chi connectivity index (χ2v) is 11.5. The number of nitrogens with zero attached hydrogens (tertiary/aromatic N) is 1. The van der Waals surface area contributed by atoms with E-state index in [1.165, 1.54) is 55.8 Å². The molecule has 3 aromatic rings. The number of primary sulfonamides is 1. The molecular formula is C25H27F3N2O5S. The van der Waals surface area contributed by atoms with Crippen LogP contribution in [0.25, 0.3) is 10.9 Å². The molecule has 11 heteroatoms. The van der Waals surface area contributed by atoms with Crippen LogP contribution in [0.2, 0.25) is 0 Å². The third kappa shape index (κ3) is 4.62. The van der Waals surface area contributed by atoms with Gasteiger partial charge >= 0.3 is 6.18 Å². The summed E-state index contributed by atoms with van der Waals surface area (Å²) in [6, 6.07) is 8.85. The number of alkyl halides is 3. The van der Waals surface area contributed by atoms with Crippen LogP contribution in [0, 0.1) is 6.92 Å². The van der Waals surface area contributed by atoms with Gasteiger partial charge in [-0.25, -0.2) is 13.6 Å². The normalized spacial score (nSPS) is 16.0. The molecule has 0 bridgehead atoms. The number of benzene rings is 2. The van der Waals surface area contributed by atoms with Gasteiger partial charge in [-0.2, -0.15) is 13.2 Å². The predicted octanol–water partition coefficient (Wildman–Crippen LogP) is 3.55. The molecule has 1 aromatic heterocycles. The molecule has 194 valence electrons. The van der Waals surface area contributed by atoms with Gasteiger partial charge in [0.25, 0.3) is 0 Å². The Morgan fingerprint density at radius 1 is 1.17 bits per heavy atom. The van der Waals surface area contributed by atoms with E-state index in [4.69, 9.17) is 9.88 Å². The standard InChI is InChI=1S/C25H27F3N2O5S/c1-15-12-30(20-7-5-4-6-18(20)21(15)31)14-24(32,25(26,27)28)13-23(2,3)19-11-17(36(29,33)34)10-16-8-9-35-22(16)19/h4-7,10-12,32H,8-9,13-14H2,1-3H3,(H2,29,33,34). The van der Waals surface area contributed by atoms with Crippen molar-refractivity contribution in [1.29, 1.82) is 0 Å². The molecule has 2 heterocycles. The summed E-state index contributed by atoms with van der Waals surface area (Å²) in [5, 5.41) is 16.7. The summed E-state index contributed by atoms with van der Waals surface area (Å²) in [6.45, 7) is 3.85. The SMILES string of the molecule is Cc1cn(CC(O)(CC(C)(C)c2cc(S(N)(=O)=O)cc3c2OCC3)C(F)(F)F)c2ccccc2c1=O.